The van der Waals surface area contributed by atoms with E-state index in [9.17, 15) is 9.18 Å². The number of hydrogen-bond donors (Lipinski definition) is 1. The van der Waals surface area contributed by atoms with Gasteiger partial charge in [0.1, 0.15) is 13.0 Å². The van der Waals surface area contributed by atoms with Gasteiger partial charge >= 0.3 is 0 Å². The summed E-state index contributed by atoms with van der Waals surface area (Å²) in [5.74, 6) is 0.888. The number of carbonyl (C=O) groups is 1. The van der Waals surface area contributed by atoms with Crippen LogP contribution >= 0.6 is 23.2 Å². The van der Waals surface area contributed by atoms with Crippen LogP contribution < -0.4 is 5.32 Å². The predicted octanol–water partition coefficient (Wildman–Crippen LogP) is 8.66. The van der Waals surface area contributed by atoms with E-state index < -0.39 is 0 Å². The Morgan fingerprint density at radius 2 is 1.83 bits per heavy atom. The third kappa shape index (κ3) is 8.73. The molecule has 0 saturated carbocycles. The van der Waals surface area contributed by atoms with Crippen LogP contribution in [0.5, 0.6) is 0 Å². The van der Waals surface area contributed by atoms with Gasteiger partial charge in [-0.15, -0.1) is 0 Å². The van der Waals surface area contributed by atoms with Crippen LogP contribution in [0.25, 0.3) is 0 Å². The van der Waals surface area contributed by atoms with Gasteiger partial charge in [-0.05, 0) is 78.1 Å². The second-order valence-corrected chi connectivity index (χ2v) is 10.1. The molecule has 0 saturated heterocycles. The molecule has 2 aromatic rings. The van der Waals surface area contributed by atoms with E-state index in [0.29, 0.717) is 22.5 Å². The molecule has 0 aromatic heterocycles. The van der Waals surface area contributed by atoms with E-state index in [1.165, 1.54) is 22.8 Å². The monoisotopic (exact) mass is 529 g/mol. The van der Waals surface area contributed by atoms with E-state index >= 15 is 0 Å². The average Bonchev–Trinajstić information content (AvgIpc) is 2.87. The van der Waals surface area contributed by atoms with Gasteiger partial charge in [0, 0.05) is 22.5 Å². The Morgan fingerprint density at radius 1 is 1.11 bits per heavy atom. The smallest absolute Gasteiger partial charge is 0.146 e. The Kier molecular flexibility index (Phi) is 13.2. The first-order valence-corrected chi connectivity index (χ1v) is 13.4. The largest absolute Gasteiger partial charge is 0.316 e. The van der Waals surface area contributed by atoms with Crippen molar-refractivity contribution >= 4 is 29.5 Å². The van der Waals surface area contributed by atoms with Gasteiger partial charge in [-0.2, -0.15) is 0 Å². The quantitative estimate of drug-likeness (QED) is 0.260. The van der Waals surface area contributed by atoms with Crippen LogP contribution in [0.4, 0.5) is 4.39 Å². The van der Waals surface area contributed by atoms with Crippen molar-refractivity contribution < 1.29 is 9.18 Å². The number of allylic oxidation sites excluding steroid dienone is 5. The number of benzene rings is 2. The minimum Gasteiger partial charge on any atom is -0.316 e. The summed E-state index contributed by atoms with van der Waals surface area (Å²) in [5.41, 5.74) is 5.72. The van der Waals surface area contributed by atoms with Gasteiger partial charge in [-0.1, -0.05) is 98.6 Å². The SMILES string of the molecule is CC(C)/C=C\C=C/CF.CCc1ccc(C2C(CNC)=C(C=O)CCC2c2ccc(Cl)cc2Cl)cc1. The molecule has 3 rings (SSSR count). The molecule has 0 amide bonds. The molecule has 194 valence electrons. The van der Waals surface area contributed by atoms with Crippen LogP contribution in [0, 0.1) is 5.92 Å². The van der Waals surface area contributed by atoms with E-state index in [1.807, 2.05) is 37.4 Å². The van der Waals surface area contributed by atoms with Gasteiger partial charge in [0.25, 0.3) is 0 Å². The molecule has 0 heterocycles. The molecule has 2 nitrogen and oxygen atoms in total. The fourth-order valence-corrected chi connectivity index (χ4v) is 5.13. The Hall–Kier alpha value is -2.20. The van der Waals surface area contributed by atoms with Crippen molar-refractivity contribution in [3.63, 3.8) is 0 Å². The molecule has 1 aliphatic rings. The molecule has 1 N–H and O–H groups in total. The molecule has 0 spiro atoms. The first kappa shape index (κ1) is 30.0. The van der Waals surface area contributed by atoms with Crippen LogP contribution in [0.3, 0.4) is 0 Å². The number of aldehydes is 1. The van der Waals surface area contributed by atoms with Crippen molar-refractivity contribution in [2.24, 2.45) is 5.92 Å². The van der Waals surface area contributed by atoms with Gasteiger partial charge in [0.2, 0.25) is 0 Å². The molecule has 2 atom stereocenters. The highest BCUT2D eigenvalue weighted by atomic mass is 35.5. The fourth-order valence-electron chi connectivity index (χ4n) is 4.58. The minimum atomic E-state index is -0.373. The molecule has 1 aliphatic carbocycles. The van der Waals surface area contributed by atoms with Gasteiger partial charge in [0.15, 0.2) is 0 Å². The number of aryl methyl sites for hydroxylation is 1. The summed E-state index contributed by atoms with van der Waals surface area (Å²) in [5, 5.41) is 4.59. The number of halogens is 3. The van der Waals surface area contributed by atoms with Crippen molar-refractivity contribution in [2.45, 2.75) is 51.9 Å². The number of carbonyl (C=O) groups excluding carboxylic acids is 1. The molecule has 36 heavy (non-hydrogen) atoms. The van der Waals surface area contributed by atoms with E-state index in [4.69, 9.17) is 23.2 Å². The van der Waals surface area contributed by atoms with Crippen molar-refractivity contribution in [3.05, 3.63) is 105 Å². The maximum absolute atomic E-state index is 11.7. The highest BCUT2D eigenvalue weighted by molar-refractivity contribution is 6.35. The Labute approximate surface area is 226 Å². The third-order valence-corrected chi connectivity index (χ3v) is 6.93. The maximum Gasteiger partial charge on any atom is 0.146 e. The highest BCUT2D eigenvalue weighted by Crippen LogP contribution is 2.48. The van der Waals surface area contributed by atoms with E-state index in [2.05, 4.69) is 50.4 Å². The van der Waals surface area contributed by atoms with Crippen LogP contribution in [-0.4, -0.2) is 26.6 Å². The maximum atomic E-state index is 11.7. The van der Waals surface area contributed by atoms with Crippen molar-refractivity contribution in [3.8, 4) is 0 Å². The number of hydrogen-bond acceptors (Lipinski definition) is 2. The number of likely N-dealkylation sites (N-methyl/N-ethyl adjacent to an activating group) is 1. The summed E-state index contributed by atoms with van der Waals surface area (Å²) < 4.78 is 11.4. The lowest BCUT2D eigenvalue weighted by atomic mass is 9.69. The summed E-state index contributed by atoms with van der Waals surface area (Å²) in [6.07, 6.45) is 10.8. The zero-order chi connectivity index (χ0) is 26.5. The number of alkyl halides is 1. The normalized spacial score (nSPS) is 18.1. The average molecular weight is 531 g/mol. The van der Waals surface area contributed by atoms with Gasteiger partial charge in [-0.25, -0.2) is 4.39 Å². The Bertz CT molecular complexity index is 1060. The number of rotatable bonds is 9. The molecule has 2 unspecified atom stereocenters. The molecule has 0 bridgehead atoms. The lowest BCUT2D eigenvalue weighted by Crippen LogP contribution is -2.26. The standard InChI is InChI=1S/C23H25Cl2NO.C8H13F/c1-3-15-4-6-16(7-5-15)23-20(19-11-9-18(24)12-22(19)25)10-8-17(14-27)21(23)13-26-2;1-8(2)6-4-3-5-7-9/h4-7,9,11-12,14,20,23,26H,3,8,10,13H2,1-2H3;3-6,8H,7H2,1-2H3/b;5-3-,6-4-. The topological polar surface area (TPSA) is 29.1 Å². The fraction of sp³-hybridized carbons (Fsp3) is 0.387. The van der Waals surface area contributed by atoms with Gasteiger partial charge in [-0.3, -0.25) is 4.79 Å². The number of nitrogens with one attached hydrogen (secondary N) is 1. The first-order valence-electron chi connectivity index (χ1n) is 12.6. The van der Waals surface area contributed by atoms with E-state index in [0.717, 1.165) is 36.7 Å². The van der Waals surface area contributed by atoms with Gasteiger partial charge < -0.3 is 5.32 Å². The minimum absolute atomic E-state index is 0.121. The Balaban J connectivity index is 0.000000434. The van der Waals surface area contributed by atoms with E-state index in [1.54, 1.807) is 6.08 Å². The third-order valence-electron chi connectivity index (χ3n) is 6.37. The van der Waals surface area contributed by atoms with Crippen LogP contribution in [0.1, 0.15) is 62.1 Å². The molecule has 0 aliphatic heterocycles. The molecule has 2 aromatic carbocycles. The van der Waals surface area contributed by atoms with Crippen LogP contribution in [0.15, 0.2) is 77.9 Å². The van der Waals surface area contributed by atoms with Crippen molar-refractivity contribution in [2.75, 3.05) is 20.3 Å². The zero-order valence-electron chi connectivity index (χ0n) is 21.7. The molecule has 0 fully saturated rings. The summed E-state index contributed by atoms with van der Waals surface area (Å²) in [6.45, 7) is 6.64. The first-order chi connectivity index (χ1) is 17.4. The second kappa shape index (κ2) is 15.8. The van der Waals surface area contributed by atoms with Crippen molar-refractivity contribution in [1.82, 2.24) is 5.32 Å². The molecular weight excluding hydrogens is 492 g/mol. The second-order valence-electron chi connectivity index (χ2n) is 9.29. The Morgan fingerprint density at radius 3 is 2.39 bits per heavy atom. The summed E-state index contributed by atoms with van der Waals surface area (Å²) >= 11 is 12.7. The van der Waals surface area contributed by atoms with Crippen LogP contribution in [-0.2, 0) is 11.2 Å². The zero-order valence-corrected chi connectivity index (χ0v) is 23.2. The molecule has 5 heteroatoms. The summed E-state index contributed by atoms with van der Waals surface area (Å²) in [7, 11) is 1.92. The van der Waals surface area contributed by atoms with Crippen molar-refractivity contribution in [1.29, 1.82) is 0 Å². The molecular formula is C31H38Cl2FNO. The molecule has 0 radical (unpaired) electrons. The highest BCUT2D eigenvalue weighted by Gasteiger charge is 2.34. The lowest BCUT2D eigenvalue weighted by molar-refractivity contribution is -0.105. The van der Waals surface area contributed by atoms with Gasteiger partial charge in [0.05, 0.1) is 0 Å². The lowest BCUT2D eigenvalue weighted by Gasteiger charge is -2.36. The summed E-state index contributed by atoms with van der Waals surface area (Å²) in [6, 6.07) is 14.5. The van der Waals surface area contributed by atoms with Crippen LogP contribution in [0.2, 0.25) is 10.0 Å². The van der Waals surface area contributed by atoms with E-state index in [-0.39, 0.29) is 18.5 Å². The summed E-state index contributed by atoms with van der Waals surface area (Å²) in [4.78, 5) is 11.7. The predicted molar refractivity (Wildman–Crippen MR) is 153 cm³/mol.